The van der Waals surface area contributed by atoms with Gasteiger partial charge in [0.2, 0.25) is 5.60 Å². The summed E-state index contributed by atoms with van der Waals surface area (Å²) >= 11 is 0. The van der Waals surface area contributed by atoms with Gasteiger partial charge < -0.3 is 39.8 Å². The number of aliphatic hydroxyl groups excluding tert-OH is 2. The van der Waals surface area contributed by atoms with Gasteiger partial charge in [-0.3, -0.25) is 9.05 Å². The van der Waals surface area contributed by atoms with Crippen LogP contribution < -0.4 is 10.5 Å². The van der Waals surface area contributed by atoms with Crippen LogP contribution in [-0.4, -0.2) is 87.7 Å². The highest BCUT2D eigenvalue weighted by Gasteiger charge is 2.58. The third kappa shape index (κ3) is 13.7. The summed E-state index contributed by atoms with van der Waals surface area (Å²) in [5.41, 5.74) is 5.13. The van der Waals surface area contributed by atoms with E-state index in [0.29, 0.717) is 17.9 Å². The summed E-state index contributed by atoms with van der Waals surface area (Å²) in [5, 5.41) is 36.0. The Kier molecular flexibility index (Phi) is 19.5. The molecular weight excluding hydrogens is 741 g/mol. The highest BCUT2D eigenvalue weighted by atomic mass is 31.2. The number of methoxy groups -OCH3 is 1. The van der Waals surface area contributed by atoms with Crippen LogP contribution in [0.1, 0.15) is 114 Å². The molecule has 312 valence electrons. The third-order valence-electron chi connectivity index (χ3n) is 10.2. The van der Waals surface area contributed by atoms with Crippen molar-refractivity contribution in [3.63, 3.8) is 0 Å². The minimum absolute atomic E-state index is 0.0859. The number of benzene rings is 1. The van der Waals surface area contributed by atoms with Crippen LogP contribution in [0.4, 0.5) is 5.82 Å². The van der Waals surface area contributed by atoms with Crippen molar-refractivity contribution < 1.29 is 47.7 Å². The van der Waals surface area contributed by atoms with Gasteiger partial charge in [-0.2, -0.15) is 10.4 Å². The molecule has 1 aliphatic rings. The molecule has 1 saturated heterocycles. The van der Waals surface area contributed by atoms with Crippen LogP contribution in [0.15, 0.2) is 42.7 Å². The lowest BCUT2D eigenvalue weighted by atomic mass is 9.92. The Morgan fingerprint density at radius 2 is 1.55 bits per heavy atom. The number of fused-ring (bicyclic) bond motifs is 1. The first-order valence-corrected chi connectivity index (χ1v) is 21.6. The Bertz CT molecular complexity index is 1660. The van der Waals surface area contributed by atoms with E-state index in [1.54, 1.807) is 13.2 Å². The first-order valence-electron chi connectivity index (χ1n) is 20.1. The van der Waals surface area contributed by atoms with Crippen molar-refractivity contribution in [2.75, 3.05) is 39.3 Å². The maximum absolute atomic E-state index is 13.0. The van der Waals surface area contributed by atoms with Gasteiger partial charge in [0.25, 0.3) is 0 Å². The van der Waals surface area contributed by atoms with Crippen molar-refractivity contribution in [1.29, 1.82) is 5.26 Å². The topological polar surface area (TPSA) is 213 Å². The van der Waals surface area contributed by atoms with E-state index in [9.17, 15) is 24.9 Å². The molecule has 0 aliphatic carbocycles. The Balaban J connectivity index is 1.19. The van der Waals surface area contributed by atoms with E-state index in [0.717, 1.165) is 24.8 Å². The number of nitrogens with zero attached hydrogens (tertiary/aromatic N) is 4. The van der Waals surface area contributed by atoms with Crippen LogP contribution in [0.5, 0.6) is 5.75 Å². The number of phosphoric acid groups is 1. The molecule has 1 unspecified atom stereocenters. The molecule has 0 amide bonds. The molecule has 1 aliphatic heterocycles. The van der Waals surface area contributed by atoms with Crippen molar-refractivity contribution in [2.45, 2.75) is 140 Å². The number of phosphoric ester groups is 1. The number of aromatic nitrogens is 3. The van der Waals surface area contributed by atoms with Crippen LogP contribution in [0, 0.1) is 11.3 Å². The fourth-order valence-electron chi connectivity index (χ4n) is 6.80. The summed E-state index contributed by atoms with van der Waals surface area (Å²) in [7, 11) is -3.15. The number of nitrogens with two attached hydrogens (primary N) is 1. The quantitative estimate of drug-likeness (QED) is 0.0422. The summed E-state index contributed by atoms with van der Waals surface area (Å²) in [6.45, 7) is 2.07. The highest BCUT2D eigenvalue weighted by Crippen LogP contribution is 2.46. The zero-order chi connectivity index (χ0) is 40.2. The lowest BCUT2D eigenvalue weighted by molar-refractivity contribution is -0.0690. The lowest BCUT2D eigenvalue weighted by Crippen LogP contribution is -2.41. The Hall–Kier alpha value is -3.16. The van der Waals surface area contributed by atoms with Crippen LogP contribution >= 0.6 is 7.82 Å². The van der Waals surface area contributed by atoms with Gasteiger partial charge in [0, 0.05) is 6.61 Å². The maximum atomic E-state index is 13.0. The third-order valence-corrected chi connectivity index (χ3v) is 11.1. The Labute approximate surface area is 331 Å². The van der Waals surface area contributed by atoms with Gasteiger partial charge in [-0.15, -0.1) is 0 Å². The fraction of sp³-hybridized carbons (Fsp3) is 0.675. The minimum atomic E-state index is -4.73. The number of ether oxygens (including phenoxy) is 4. The molecule has 0 saturated carbocycles. The SMILES string of the molecule is CCCCCCCCCCCCCCCCCOC[C@H](COP(=O)(O)OC[C@H]1O[C@@](C#N)(c2ccc3c(N)ncnn23)[C@H](O)[C@@H]1O)OCc1ccc(OC)cc1. The summed E-state index contributed by atoms with van der Waals surface area (Å²) in [5.74, 6) is 0.836. The van der Waals surface area contributed by atoms with Gasteiger partial charge in [-0.25, -0.2) is 14.1 Å². The maximum Gasteiger partial charge on any atom is 0.472 e. The minimum Gasteiger partial charge on any atom is -0.497 e. The van der Waals surface area contributed by atoms with Crippen LogP contribution in [-0.2, 0) is 40.0 Å². The molecule has 3 aromatic rings. The molecule has 0 bridgehead atoms. The van der Waals surface area contributed by atoms with Crippen LogP contribution in [0.3, 0.4) is 0 Å². The number of anilines is 1. The molecule has 3 heterocycles. The zero-order valence-electron chi connectivity index (χ0n) is 33.0. The van der Waals surface area contributed by atoms with Crippen LogP contribution in [0.25, 0.3) is 5.52 Å². The predicted octanol–water partition coefficient (Wildman–Crippen LogP) is 6.77. The van der Waals surface area contributed by atoms with E-state index >= 15 is 0 Å². The summed E-state index contributed by atoms with van der Waals surface area (Å²) in [6.07, 6.45) is 14.8. The first-order chi connectivity index (χ1) is 27.1. The average Bonchev–Trinajstić information content (AvgIpc) is 3.75. The molecule has 4 rings (SSSR count). The second kappa shape index (κ2) is 23.9. The Morgan fingerprint density at radius 3 is 2.16 bits per heavy atom. The van der Waals surface area contributed by atoms with Crippen LogP contribution in [0.2, 0.25) is 0 Å². The molecule has 0 spiro atoms. The van der Waals surface area contributed by atoms with Crippen molar-refractivity contribution in [2.24, 2.45) is 0 Å². The van der Waals surface area contributed by atoms with Gasteiger partial charge in [0.1, 0.15) is 48.1 Å². The van der Waals surface area contributed by atoms with E-state index in [4.69, 9.17) is 33.7 Å². The molecule has 6 atom stereocenters. The smallest absolute Gasteiger partial charge is 0.472 e. The molecule has 1 aromatic carbocycles. The standard InChI is InChI=1S/C40H62N5O10P/c1-3-4-5-6-7-8-9-10-11-12-13-14-15-16-17-24-51-26-33(52-25-31-18-20-32(50-2)21-19-31)27-53-56(48,49)54-28-35-37(46)38(47)40(29-41,55-35)36-23-22-34-39(42)43-30-44-45(34)36/h18-23,30,33,35,37-38,46-47H,3-17,24-28H2,1-2H3,(H,48,49)(H2,42,43,44)/t33-,35-,37-,38-,40+/m1/s1. The largest absolute Gasteiger partial charge is 0.497 e. The molecule has 5 N–H and O–H groups in total. The highest BCUT2D eigenvalue weighted by molar-refractivity contribution is 7.47. The van der Waals surface area contributed by atoms with Crippen molar-refractivity contribution in [3.05, 3.63) is 54.0 Å². The molecular formula is C40H62N5O10P. The average molecular weight is 804 g/mol. The number of hydrogen-bond donors (Lipinski definition) is 4. The normalized spacial score (nSPS) is 21.2. The molecule has 1 fully saturated rings. The summed E-state index contributed by atoms with van der Waals surface area (Å²) in [4.78, 5) is 14.5. The second-order valence-corrected chi connectivity index (χ2v) is 15.9. The van der Waals surface area contributed by atoms with Gasteiger partial charge in [-0.05, 0) is 36.2 Å². The molecule has 2 aromatic heterocycles. The van der Waals surface area contributed by atoms with E-state index in [1.165, 1.54) is 94.0 Å². The van der Waals surface area contributed by atoms with Gasteiger partial charge in [-0.1, -0.05) is 109 Å². The number of hydrogen-bond acceptors (Lipinski definition) is 13. The van der Waals surface area contributed by atoms with Crippen molar-refractivity contribution >= 4 is 19.2 Å². The number of nitriles is 1. The van der Waals surface area contributed by atoms with Gasteiger partial charge in [0.15, 0.2) is 5.82 Å². The number of nitrogen functional groups attached to an aromatic ring is 1. The Morgan fingerprint density at radius 1 is 0.929 bits per heavy atom. The fourth-order valence-corrected chi connectivity index (χ4v) is 7.57. The predicted molar refractivity (Wildman–Crippen MR) is 211 cm³/mol. The monoisotopic (exact) mass is 803 g/mol. The van der Waals surface area contributed by atoms with E-state index in [2.05, 4.69) is 17.0 Å². The lowest BCUT2D eigenvalue weighted by Gasteiger charge is -2.24. The van der Waals surface area contributed by atoms with E-state index in [-0.39, 0.29) is 31.3 Å². The van der Waals surface area contributed by atoms with E-state index in [1.807, 2.05) is 30.3 Å². The molecule has 16 heteroatoms. The summed E-state index contributed by atoms with van der Waals surface area (Å²) < 4.78 is 47.8. The van der Waals surface area contributed by atoms with Crippen molar-refractivity contribution in [1.82, 2.24) is 14.6 Å². The van der Waals surface area contributed by atoms with Gasteiger partial charge >= 0.3 is 7.82 Å². The zero-order valence-corrected chi connectivity index (χ0v) is 33.9. The molecule has 0 radical (unpaired) electrons. The van der Waals surface area contributed by atoms with E-state index < -0.39 is 44.4 Å². The summed E-state index contributed by atoms with van der Waals surface area (Å²) in [6, 6.07) is 12.3. The second-order valence-electron chi connectivity index (χ2n) is 14.5. The molecule has 56 heavy (non-hydrogen) atoms. The van der Waals surface area contributed by atoms with Crippen molar-refractivity contribution in [3.8, 4) is 11.8 Å². The number of rotatable bonds is 29. The molecule has 15 nitrogen and oxygen atoms in total. The first kappa shape index (κ1) is 45.5. The number of aliphatic hydroxyl groups is 2. The van der Waals surface area contributed by atoms with Gasteiger partial charge in [0.05, 0.1) is 39.2 Å². The number of unbranched alkanes of at least 4 members (excludes halogenated alkanes) is 14.